The second-order valence-electron chi connectivity index (χ2n) is 6.94. The third kappa shape index (κ3) is 4.02. The Balaban J connectivity index is 0.00000196. The zero-order valence-electron chi connectivity index (χ0n) is 14.9. The SMILES string of the molecule is Cl.O=C(NCCN1CCN2c3ccccc3CCC2C1)c1ccccc1. The van der Waals surface area contributed by atoms with E-state index in [-0.39, 0.29) is 18.3 Å². The van der Waals surface area contributed by atoms with Crippen molar-refractivity contribution < 1.29 is 4.79 Å². The molecule has 0 spiro atoms. The van der Waals surface area contributed by atoms with Gasteiger partial charge in [-0.25, -0.2) is 0 Å². The molecule has 1 N–H and O–H groups in total. The van der Waals surface area contributed by atoms with E-state index in [0.29, 0.717) is 12.6 Å². The van der Waals surface area contributed by atoms with Crippen LogP contribution in [0.3, 0.4) is 0 Å². The standard InChI is InChI=1S/C21H25N3O.ClH/c25-21(18-7-2-1-3-8-18)22-12-13-23-14-15-24-19(16-23)11-10-17-6-4-5-9-20(17)24;/h1-9,19H,10-16H2,(H,22,25);1H. The molecule has 0 saturated carbocycles. The predicted molar refractivity (Wildman–Crippen MR) is 108 cm³/mol. The quantitative estimate of drug-likeness (QED) is 0.897. The molecule has 1 saturated heterocycles. The van der Waals surface area contributed by atoms with Gasteiger partial charge in [-0.2, -0.15) is 0 Å². The Kier molecular flexibility index (Phi) is 6.17. The molecule has 2 aliphatic heterocycles. The first-order valence-corrected chi connectivity index (χ1v) is 9.21. The first-order valence-electron chi connectivity index (χ1n) is 9.21. The highest BCUT2D eigenvalue weighted by Gasteiger charge is 2.31. The number of nitrogens with one attached hydrogen (secondary N) is 1. The van der Waals surface area contributed by atoms with Crippen LogP contribution in [-0.4, -0.2) is 49.6 Å². The topological polar surface area (TPSA) is 35.6 Å². The van der Waals surface area contributed by atoms with Gasteiger partial charge in [0.2, 0.25) is 0 Å². The second-order valence-corrected chi connectivity index (χ2v) is 6.94. The second kappa shape index (κ2) is 8.56. The molecule has 26 heavy (non-hydrogen) atoms. The zero-order valence-corrected chi connectivity index (χ0v) is 15.8. The van der Waals surface area contributed by atoms with Gasteiger partial charge in [-0.05, 0) is 36.6 Å². The van der Waals surface area contributed by atoms with Crippen molar-refractivity contribution in [2.45, 2.75) is 18.9 Å². The normalized spacial score (nSPS) is 19.1. The van der Waals surface area contributed by atoms with Crippen LogP contribution in [0.25, 0.3) is 0 Å². The highest BCUT2D eigenvalue weighted by atomic mass is 35.5. The number of nitrogens with zero attached hydrogens (tertiary/aromatic N) is 2. The zero-order chi connectivity index (χ0) is 17.1. The third-order valence-corrected chi connectivity index (χ3v) is 5.36. The number of benzene rings is 2. The van der Waals surface area contributed by atoms with Crippen molar-refractivity contribution in [1.82, 2.24) is 10.2 Å². The minimum atomic E-state index is 0. The van der Waals surface area contributed by atoms with Crippen LogP contribution in [-0.2, 0) is 6.42 Å². The van der Waals surface area contributed by atoms with E-state index in [1.807, 2.05) is 30.3 Å². The molecule has 2 aromatic rings. The van der Waals surface area contributed by atoms with Crippen molar-refractivity contribution >= 4 is 24.0 Å². The molecule has 0 bridgehead atoms. The summed E-state index contributed by atoms with van der Waals surface area (Å²) in [5.41, 5.74) is 3.65. The largest absolute Gasteiger partial charge is 0.366 e. The predicted octanol–water partition coefficient (Wildman–Crippen LogP) is 2.98. The van der Waals surface area contributed by atoms with Crippen molar-refractivity contribution in [2.75, 3.05) is 37.6 Å². The Bertz CT molecular complexity index is 737. The van der Waals surface area contributed by atoms with Crippen LogP contribution in [0.4, 0.5) is 5.69 Å². The van der Waals surface area contributed by atoms with Gasteiger partial charge in [0.05, 0.1) is 0 Å². The van der Waals surface area contributed by atoms with E-state index in [1.165, 1.54) is 24.1 Å². The van der Waals surface area contributed by atoms with Crippen molar-refractivity contribution in [3.8, 4) is 0 Å². The fourth-order valence-electron chi connectivity index (χ4n) is 4.03. The monoisotopic (exact) mass is 371 g/mol. The first kappa shape index (κ1) is 18.7. The van der Waals surface area contributed by atoms with Crippen LogP contribution in [0.1, 0.15) is 22.3 Å². The van der Waals surface area contributed by atoms with Crippen LogP contribution in [0.5, 0.6) is 0 Å². The molecule has 4 rings (SSSR count). The molecule has 2 heterocycles. The molecular formula is C21H26ClN3O. The molecule has 1 amide bonds. The number of amides is 1. The molecule has 0 aliphatic carbocycles. The summed E-state index contributed by atoms with van der Waals surface area (Å²) in [6.45, 7) is 4.86. The lowest BCUT2D eigenvalue weighted by Gasteiger charge is -2.46. The number of halogens is 1. The summed E-state index contributed by atoms with van der Waals surface area (Å²) in [6, 6.07) is 18.9. The smallest absolute Gasteiger partial charge is 0.251 e. The van der Waals surface area contributed by atoms with Crippen LogP contribution in [0, 0.1) is 0 Å². The Labute approximate surface area is 161 Å². The molecule has 1 unspecified atom stereocenters. The average molecular weight is 372 g/mol. The van der Waals surface area contributed by atoms with Gasteiger partial charge >= 0.3 is 0 Å². The number of piperazine rings is 1. The number of carbonyl (C=O) groups excluding carboxylic acids is 1. The Hall–Kier alpha value is -2.04. The van der Waals surface area contributed by atoms with E-state index in [9.17, 15) is 4.79 Å². The van der Waals surface area contributed by atoms with Gasteiger partial charge in [0, 0.05) is 50.0 Å². The van der Waals surface area contributed by atoms with Gasteiger partial charge in [-0.15, -0.1) is 12.4 Å². The van der Waals surface area contributed by atoms with Crippen molar-refractivity contribution in [1.29, 1.82) is 0 Å². The Morgan fingerprint density at radius 2 is 1.81 bits per heavy atom. The fourth-order valence-corrected chi connectivity index (χ4v) is 4.03. The van der Waals surface area contributed by atoms with Gasteiger partial charge in [-0.1, -0.05) is 36.4 Å². The lowest BCUT2D eigenvalue weighted by molar-refractivity contribution is 0.0946. The van der Waals surface area contributed by atoms with E-state index in [4.69, 9.17) is 0 Å². The minimum Gasteiger partial charge on any atom is -0.366 e. The molecule has 2 aliphatic rings. The summed E-state index contributed by atoms with van der Waals surface area (Å²) in [6.07, 6.45) is 2.40. The summed E-state index contributed by atoms with van der Waals surface area (Å²) >= 11 is 0. The minimum absolute atomic E-state index is 0. The number of hydrogen-bond donors (Lipinski definition) is 1. The van der Waals surface area contributed by atoms with E-state index in [0.717, 1.165) is 31.7 Å². The van der Waals surface area contributed by atoms with Gasteiger partial charge in [0.15, 0.2) is 0 Å². The van der Waals surface area contributed by atoms with Crippen LogP contribution in [0.2, 0.25) is 0 Å². The number of carbonyl (C=O) groups is 1. The van der Waals surface area contributed by atoms with Gasteiger partial charge in [-0.3, -0.25) is 9.69 Å². The summed E-state index contributed by atoms with van der Waals surface area (Å²) in [4.78, 5) is 17.2. The maximum atomic E-state index is 12.1. The van der Waals surface area contributed by atoms with Gasteiger partial charge < -0.3 is 10.2 Å². The lowest BCUT2D eigenvalue weighted by atomic mass is 9.94. The molecule has 0 radical (unpaired) electrons. The van der Waals surface area contributed by atoms with Crippen molar-refractivity contribution in [3.05, 3.63) is 65.7 Å². The number of anilines is 1. The van der Waals surface area contributed by atoms with Crippen molar-refractivity contribution in [2.24, 2.45) is 0 Å². The highest BCUT2D eigenvalue weighted by Crippen LogP contribution is 2.32. The lowest BCUT2D eigenvalue weighted by Crippen LogP contribution is -2.56. The first-order chi connectivity index (χ1) is 12.3. The number of aryl methyl sites for hydroxylation is 1. The van der Waals surface area contributed by atoms with Gasteiger partial charge in [0.25, 0.3) is 5.91 Å². The fraction of sp³-hybridized carbons (Fsp3) is 0.381. The molecule has 0 aromatic heterocycles. The molecule has 2 aromatic carbocycles. The molecule has 1 atom stereocenters. The third-order valence-electron chi connectivity index (χ3n) is 5.36. The highest BCUT2D eigenvalue weighted by molar-refractivity contribution is 5.94. The Morgan fingerprint density at radius 3 is 2.65 bits per heavy atom. The van der Waals surface area contributed by atoms with E-state index in [1.54, 1.807) is 0 Å². The maximum Gasteiger partial charge on any atom is 0.251 e. The summed E-state index contributed by atoms with van der Waals surface area (Å²) in [5.74, 6) is 0.0193. The molecule has 5 heteroatoms. The molecule has 4 nitrogen and oxygen atoms in total. The van der Waals surface area contributed by atoms with E-state index in [2.05, 4.69) is 39.4 Å². The number of fused-ring (bicyclic) bond motifs is 3. The van der Waals surface area contributed by atoms with Crippen LogP contribution >= 0.6 is 12.4 Å². The van der Waals surface area contributed by atoms with E-state index < -0.39 is 0 Å². The summed E-state index contributed by atoms with van der Waals surface area (Å²) in [7, 11) is 0. The molecular weight excluding hydrogens is 346 g/mol. The van der Waals surface area contributed by atoms with Crippen LogP contribution < -0.4 is 10.2 Å². The van der Waals surface area contributed by atoms with Crippen LogP contribution in [0.15, 0.2) is 54.6 Å². The average Bonchev–Trinajstić information content (AvgIpc) is 2.68. The summed E-state index contributed by atoms with van der Waals surface area (Å²) < 4.78 is 0. The number of hydrogen-bond acceptors (Lipinski definition) is 3. The molecule has 1 fully saturated rings. The van der Waals surface area contributed by atoms with E-state index >= 15 is 0 Å². The number of rotatable bonds is 4. The number of para-hydroxylation sites is 1. The maximum absolute atomic E-state index is 12.1. The molecule has 138 valence electrons. The summed E-state index contributed by atoms with van der Waals surface area (Å²) in [5, 5.41) is 3.04. The Morgan fingerprint density at radius 1 is 1.04 bits per heavy atom. The van der Waals surface area contributed by atoms with Crippen molar-refractivity contribution in [3.63, 3.8) is 0 Å². The van der Waals surface area contributed by atoms with Gasteiger partial charge in [0.1, 0.15) is 0 Å².